The van der Waals surface area contributed by atoms with Crippen molar-refractivity contribution in [1.82, 2.24) is 0 Å². The normalized spacial score (nSPS) is 14.7. The van der Waals surface area contributed by atoms with Gasteiger partial charge in [-0.2, -0.15) is 0 Å². The molecular formula is C12H20N2O. The Kier molecular flexibility index (Phi) is 3.58. The first kappa shape index (κ1) is 11.9. The molecule has 1 unspecified atom stereocenters. The monoisotopic (exact) mass is 208 g/mol. The summed E-state index contributed by atoms with van der Waals surface area (Å²) in [7, 11) is 0. The quantitative estimate of drug-likeness (QED) is 0.664. The van der Waals surface area contributed by atoms with Crippen LogP contribution in [0.5, 0.6) is 0 Å². The zero-order valence-electron chi connectivity index (χ0n) is 9.67. The van der Waals surface area contributed by atoms with E-state index < -0.39 is 5.60 Å². The van der Waals surface area contributed by atoms with Gasteiger partial charge in [0.25, 0.3) is 0 Å². The van der Waals surface area contributed by atoms with Crippen LogP contribution in [0.1, 0.15) is 25.8 Å². The second kappa shape index (κ2) is 4.53. The maximum Gasteiger partial charge on any atom is 0.0788 e. The van der Waals surface area contributed by atoms with Gasteiger partial charge in [-0.25, -0.2) is 0 Å². The molecule has 0 saturated heterocycles. The lowest BCUT2D eigenvalue weighted by Gasteiger charge is -2.22. The molecule has 1 aromatic carbocycles. The topological polar surface area (TPSA) is 58.3 Å². The largest absolute Gasteiger partial charge is 0.398 e. The summed E-state index contributed by atoms with van der Waals surface area (Å²) in [4.78, 5) is 0. The second-order valence-corrected chi connectivity index (χ2v) is 4.28. The molecule has 4 N–H and O–H groups in total. The van der Waals surface area contributed by atoms with E-state index in [1.54, 1.807) is 0 Å². The first-order valence-corrected chi connectivity index (χ1v) is 5.27. The van der Waals surface area contributed by atoms with Crippen LogP contribution in [0.2, 0.25) is 0 Å². The third kappa shape index (κ3) is 3.44. The fraction of sp³-hybridized carbons (Fsp3) is 0.500. The van der Waals surface area contributed by atoms with Crippen molar-refractivity contribution in [3.63, 3.8) is 0 Å². The molecule has 0 aromatic heterocycles. The van der Waals surface area contributed by atoms with Gasteiger partial charge < -0.3 is 16.2 Å². The summed E-state index contributed by atoms with van der Waals surface area (Å²) in [5, 5.41) is 13.0. The summed E-state index contributed by atoms with van der Waals surface area (Å²) in [5.41, 5.74) is 7.92. The number of benzene rings is 1. The zero-order chi connectivity index (χ0) is 11.5. The van der Waals surface area contributed by atoms with E-state index in [0.29, 0.717) is 6.54 Å². The van der Waals surface area contributed by atoms with Crippen molar-refractivity contribution < 1.29 is 5.11 Å². The van der Waals surface area contributed by atoms with E-state index in [0.717, 1.165) is 23.4 Å². The molecule has 84 valence electrons. The fourth-order valence-corrected chi connectivity index (χ4v) is 1.17. The molecular weight excluding hydrogens is 188 g/mol. The van der Waals surface area contributed by atoms with Gasteiger partial charge in [-0.3, -0.25) is 0 Å². The van der Waals surface area contributed by atoms with Crippen molar-refractivity contribution in [2.45, 2.75) is 32.8 Å². The molecule has 0 aliphatic carbocycles. The minimum Gasteiger partial charge on any atom is -0.398 e. The van der Waals surface area contributed by atoms with Crippen LogP contribution in [-0.4, -0.2) is 17.3 Å². The lowest BCUT2D eigenvalue weighted by molar-refractivity contribution is 0.0697. The predicted molar refractivity (Wildman–Crippen MR) is 65.0 cm³/mol. The van der Waals surface area contributed by atoms with Crippen LogP contribution in [0.4, 0.5) is 11.4 Å². The van der Waals surface area contributed by atoms with Crippen molar-refractivity contribution in [3.8, 4) is 0 Å². The molecule has 0 saturated carbocycles. The molecule has 0 heterocycles. The van der Waals surface area contributed by atoms with Crippen molar-refractivity contribution in [2.24, 2.45) is 0 Å². The molecule has 3 heteroatoms. The molecule has 0 radical (unpaired) electrons. The van der Waals surface area contributed by atoms with Crippen LogP contribution in [0.3, 0.4) is 0 Å². The van der Waals surface area contributed by atoms with E-state index in [1.165, 1.54) is 0 Å². The van der Waals surface area contributed by atoms with Gasteiger partial charge in [0, 0.05) is 17.9 Å². The minimum absolute atomic E-state index is 0.534. The highest BCUT2D eigenvalue weighted by atomic mass is 16.3. The highest BCUT2D eigenvalue weighted by Gasteiger charge is 2.16. The van der Waals surface area contributed by atoms with Gasteiger partial charge in [0.15, 0.2) is 0 Å². The highest BCUT2D eigenvalue weighted by molar-refractivity contribution is 5.58. The van der Waals surface area contributed by atoms with Crippen molar-refractivity contribution >= 4 is 11.4 Å². The van der Waals surface area contributed by atoms with Crippen molar-refractivity contribution in [2.75, 3.05) is 17.6 Å². The number of hydrogen-bond donors (Lipinski definition) is 3. The smallest absolute Gasteiger partial charge is 0.0788 e. The van der Waals surface area contributed by atoms with Crippen LogP contribution in [0.25, 0.3) is 0 Å². The number of aliphatic hydroxyl groups is 1. The number of rotatable bonds is 4. The Hall–Kier alpha value is -1.22. The predicted octanol–water partition coefficient (Wildman–Crippen LogP) is 2.15. The number of nitrogens with two attached hydrogens (primary N) is 1. The van der Waals surface area contributed by atoms with Gasteiger partial charge in [-0.05, 0) is 38.0 Å². The fourth-order valence-electron chi connectivity index (χ4n) is 1.17. The van der Waals surface area contributed by atoms with Crippen LogP contribution in [0, 0.1) is 6.92 Å². The number of nitrogens with one attached hydrogen (secondary N) is 1. The molecule has 0 aliphatic rings. The SMILES string of the molecule is CCC(C)(O)CNc1ccc(C)c(N)c1. The zero-order valence-corrected chi connectivity index (χ0v) is 9.67. The Morgan fingerprint density at radius 2 is 2.13 bits per heavy atom. The lowest BCUT2D eigenvalue weighted by Crippen LogP contribution is -2.32. The Balaban J connectivity index is 2.62. The summed E-state index contributed by atoms with van der Waals surface area (Å²) in [6.45, 7) is 6.29. The Bertz CT molecular complexity index is 334. The van der Waals surface area contributed by atoms with Gasteiger partial charge >= 0.3 is 0 Å². The van der Waals surface area contributed by atoms with Gasteiger partial charge in [-0.1, -0.05) is 13.0 Å². The average Bonchev–Trinajstić information content (AvgIpc) is 2.20. The number of anilines is 2. The van der Waals surface area contributed by atoms with E-state index in [2.05, 4.69) is 5.32 Å². The second-order valence-electron chi connectivity index (χ2n) is 4.28. The third-order valence-corrected chi connectivity index (χ3v) is 2.71. The first-order chi connectivity index (χ1) is 6.94. The van der Waals surface area contributed by atoms with E-state index in [-0.39, 0.29) is 0 Å². The molecule has 0 aliphatic heterocycles. The van der Waals surface area contributed by atoms with Crippen LogP contribution in [-0.2, 0) is 0 Å². The summed E-state index contributed by atoms with van der Waals surface area (Å²) in [6, 6.07) is 5.83. The molecule has 1 aromatic rings. The van der Waals surface area contributed by atoms with Crippen LogP contribution >= 0.6 is 0 Å². The Labute approximate surface area is 91.3 Å². The molecule has 1 rings (SSSR count). The average molecular weight is 208 g/mol. The van der Waals surface area contributed by atoms with Crippen molar-refractivity contribution in [3.05, 3.63) is 23.8 Å². The summed E-state index contributed by atoms with van der Waals surface area (Å²) in [5.74, 6) is 0. The van der Waals surface area contributed by atoms with E-state index >= 15 is 0 Å². The van der Waals surface area contributed by atoms with Crippen LogP contribution in [0.15, 0.2) is 18.2 Å². The molecule has 0 amide bonds. The molecule has 15 heavy (non-hydrogen) atoms. The maximum absolute atomic E-state index is 9.81. The third-order valence-electron chi connectivity index (χ3n) is 2.71. The van der Waals surface area contributed by atoms with Crippen LogP contribution < -0.4 is 11.1 Å². The molecule has 1 atom stereocenters. The first-order valence-electron chi connectivity index (χ1n) is 5.27. The standard InChI is InChI=1S/C12H20N2O/c1-4-12(3,15)8-14-10-6-5-9(2)11(13)7-10/h5-7,14-15H,4,8,13H2,1-3H3. The summed E-state index contributed by atoms with van der Waals surface area (Å²) in [6.07, 6.45) is 0.724. The lowest BCUT2D eigenvalue weighted by atomic mass is 10.0. The molecule has 0 spiro atoms. The van der Waals surface area contributed by atoms with Gasteiger partial charge in [0.05, 0.1) is 5.60 Å². The molecule has 0 bridgehead atoms. The van der Waals surface area contributed by atoms with E-state index in [9.17, 15) is 5.11 Å². The summed E-state index contributed by atoms with van der Waals surface area (Å²) < 4.78 is 0. The Morgan fingerprint density at radius 1 is 1.47 bits per heavy atom. The maximum atomic E-state index is 9.81. The van der Waals surface area contributed by atoms with Gasteiger partial charge in [-0.15, -0.1) is 0 Å². The minimum atomic E-state index is -0.667. The number of aryl methyl sites for hydroxylation is 1. The highest BCUT2D eigenvalue weighted by Crippen LogP contribution is 2.18. The van der Waals surface area contributed by atoms with Crippen molar-refractivity contribution in [1.29, 1.82) is 0 Å². The molecule has 0 fully saturated rings. The molecule has 3 nitrogen and oxygen atoms in total. The number of nitrogen functional groups attached to an aromatic ring is 1. The van der Waals surface area contributed by atoms with Gasteiger partial charge in [0.2, 0.25) is 0 Å². The van der Waals surface area contributed by atoms with E-state index in [4.69, 9.17) is 5.73 Å². The van der Waals surface area contributed by atoms with E-state index in [1.807, 2.05) is 39.0 Å². The summed E-state index contributed by atoms with van der Waals surface area (Å²) >= 11 is 0. The Morgan fingerprint density at radius 3 is 2.67 bits per heavy atom. The number of hydrogen-bond acceptors (Lipinski definition) is 3. The van der Waals surface area contributed by atoms with Gasteiger partial charge in [0.1, 0.15) is 0 Å².